The zero-order valence-corrected chi connectivity index (χ0v) is 10.8. The molecule has 0 unspecified atom stereocenters. The summed E-state index contributed by atoms with van der Waals surface area (Å²) in [6.45, 7) is 8.28. The molecule has 0 bridgehead atoms. The molecule has 2 rings (SSSR count). The molecule has 0 saturated heterocycles. The molecule has 94 valence electrons. The van der Waals surface area contributed by atoms with Crippen LogP contribution in [0.2, 0.25) is 0 Å². The van der Waals surface area contributed by atoms with Gasteiger partial charge in [0, 0.05) is 11.3 Å². The van der Waals surface area contributed by atoms with E-state index in [0.29, 0.717) is 5.92 Å². The van der Waals surface area contributed by atoms with Gasteiger partial charge in [-0.15, -0.1) is 0 Å². The minimum Gasteiger partial charge on any atom is -0.395 e. The van der Waals surface area contributed by atoms with E-state index in [0.717, 1.165) is 19.3 Å². The van der Waals surface area contributed by atoms with Gasteiger partial charge >= 0.3 is 0 Å². The first-order valence-electron chi connectivity index (χ1n) is 6.49. The average molecular weight is 234 g/mol. The third kappa shape index (κ3) is 1.99. The Hall–Kier alpha value is -0.890. The molecule has 0 aromatic heterocycles. The number of hydrogen-bond acceptors (Lipinski definition) is 2. The number of aliphatic hydroxyl groups is 1. The van der Waals surface area contributed by atoms with Crippen LogP contribution >= 0.6 is 0 Å². The summed E-state index contributed by atoms with van der Waals surface area (Å²) in [6, 6.07) is 0. The number of carbonyl (C=O) groups excluding carboxylic acids is 1. The highest BCUT2D eigenvalue weighted by Gasteiger charge is 2.47. The van der Waals surface area contributed by atoms with Crippen molar-refractivity contribution in [1.82, 2.24) is 0 Å². The predicted octanol–water partition coefficient (Wildman–Crippen LogP) is 2.73. The molecule has 0 amide bonds. The van der Waals surface area contributed by atoms with Crippen molar-refractivity contribution in [3.05, 3.63) is 24.3 Å². The van der Waals surface area contributed by atoms with Crippen LogP contribution in [0.15, 0.2) is 24.3 Å². The second-order valence-electron chi connectivity index (χ2n) is 5.84. The van der Waals surface area contributed by atoms with Gasteiger partial charge in [-0.3, -0.25) is 4.79 Å². The van der Waals surface area contributed by atoms with Crippen LogP contribution < -0.4 is 0 Å². The third-order valence-corrected chi connectivity index (χ3v) is 4.86. The minimum absolute atomic E-state index is 0.0364. The summed E-state index contributed by atoms with van der Waals surface area (Å²) < 4.78 is 0. The molecule has 1 N–H and O–H groups in total. The molecule has 4 atom stereocenters. The summed E-state index contributed by atoms with van der Waals surface area (Å²) in [5.74, 6) is 1.04. The summed E-state index contributed by atoms with van der Waals surface area (Å²) in [5.41, 5.74) is 1.06. The molecule has 17 heavy (non-hydrogen) atoms. The maximum absolute atomic E-state index is 11.8. The number of ketones is 1. The van der Waals surface area contributed by atoms with E-state index in [1.807, 2.05) is 13.0 Å². The summed E-state index contributed by atoms with van der Waals surface area (Å²) in [4.78, 5) is 11.8. The van der Waals surface area contributed by atoms with Crippen molar-refractivity contribution < 1.29 is 9.90 Å². The van der Waals surface area contributed by atoms with Gasteiger partial charge in [0.05, 0.1) is 6.61 Å². The number of aliphatic hydroxyl groups excluding tert-OH is 1. The van der Waals surface area contributed by atoms with Gasteiger partial charge in [0.2, 0.25) is 0 Å². The van der Waals surface area contributed by atoms with Crippen LogP contribution in [0.4, 0.5) is 0 Å². The Kier molecular flexibility index (Phi) is 3.26. The maximum atomic E-state index is 11.8. The highest BCUT2D eigenvalue weighted by molar-refractivity contribution is 5.92. The standard InChI is InChI=1S/C15H22O2/c1-10(2)12-4-6-15(9-16)7-5-14(17)11(3)13(15)8-12/h5,7,11-13,16H,1,4,6,8-9H2,2-3H3/t11-,12+,13+,15+/m0/s1. The van der Waals surface area contributed by atoms with Crippen LogP contribution in [0.25, 0.3) is 0 Å². The number of fused-ring (bicyclic) bond motifs is 1. The zero-order chi connectivity index (χ0) is 12.6. The smallest absolute Gasteiger partial charge is 0.158 e. The lowest BCUT2D eigenvalue weighted by molar-refractivity contribution is -0.124. The quantitative estimate of drug-likeness (QED) is 0.746. The molecule has 0 spiro atoms. The lowest BCUT2D eigenvalue weighted by Crippen LogP contribution is -2.45. The zero-order valence-electron chi connectivity index (χ0n) is 10.8. The largest absolute Gasteiger partial charge is 0.395 e. The van der Waals surface area contributed by atoms with E-state index in [1.165, 1.54) is 5.57 Å². The lowest BCUT2D eigenvalue weighted by Gasteiger charge is -2.48. The van der Waals surface area contributed by atoms with Gasteiger partial charge in [0.25, 0.3) is 0 Å². The van der Waals surface area contributed by atoms with Crippen LogP contribution in [0.1, 0.15) is 33.1 Å². The second-order valence-corrected chi connectivity index (χ2v) is 5.84. The minimum atomic E-state index is -0.153. The van der Waals surface area contributed by atoms with E-state index < -0.39 is 0 Å². The average Bonchev–Trinajstić information content (AvgIpc) is 2.33. The molecule has 2 aliphatic rings. The summed E-state index contributed by atoms with van der Waals surface area (Å²) in [7, 11) is 0. The Morgan fingerprint density at radius 2 is 2.35 bits per heavy atom. The van der Waals surface area contributed by atoms with Crippen molar-refractivity contribution >= 4 is 5.78 Å². The third-order valence-electron chi connectivity index (χ3n) is 4.86. The van der Waals surface area contributed by atoms with Gasteiger partial charge < -0.3 is 5.11 Å². The first kappa shape index (κ1) is 12.6. The molecular weight excluding hydrogens is 212 g/mol. The number of carbonyl (C=O) groups is 1. The molecule has 2 aliphatic carbocycles. The summed E-state index contributed by atoms with van der Waals surface area (Å²) in [5, 5.41) is 9.72. The van der Waals surface area contributed by atoms with E-state index in [2.05, 4.69) is 13.5 Å². The molecule has 0 heterocycles. The molecule has 1 saturated carbocycles. The van der Waals surface area contributed by atoms with Crippen molar-refractivity contribution in [1.29, 1.82) is 0 Å². The first-order chi connectivity index (χ1) is 8.00. The van der Waals surface area contributed by atoms with Gasteiger partial charge in [-0.1, -0.05) is 25.2 Å². The van der Waals surface area contributed by atoms with E-state index in [-0.39, 0.29) is 29.6 Å². The molecule has 0 radical (unpaired) electrons. The van der Waals surface area contributed by atoms with Gasteiger partial charge in [-0.2, -0.15) is 0 Å². The fourth-order valence-corrected chi connectivity index (χ4v) is 3.49. The highest BCUT2D eigenvalue weighted by Crippen LogP contribution is 2.51. The van der Waals surface area contributed by atoms with E-state index in [9.17, 15) is 9.90 Å². The fourth-order valence-electron chi connectivity index (χ4n) is 3.49. The number of rotatable bonds is 2. The Morgan fingerprint density at radius 3 is 2.94 bits per heavy atom. The Balaban J connectivity index is 2.30. The van der Waals surface area contributed by atoms with Crippen LogP contribution in [0.3, 0.4) is 0 Å². The van der Waals surface area contributed by atoms with Crippen molar-refractivity contribution in [3.8, 4) is 0 Å². The second kappa shape index (κ2) is 4.41. The summed E-state index contributed by atoms with van der Waals surface area (Å²) >= 11 is 0. The highest BCUT2D eigenvalue weighted by atomic mass is 16.3. The summed E-state index contributed by atoms with van der Waals surface area (Å²) in [6.07, 6.45) is 6.69. The molecular formula is C15H22O2. The van der Waals surface area contributed by atoms with Gasteiger partial charge in [-0.25, -0.2) is 0 Å². The van der Waals surface area contributed by atoms with Gasteiger partial charge in [0.15, 0.2) is 5.78 Å². The van der Waals surface area contributed by atoms with Crippen molar-refractivity contribution in [3.63, 3.8) is 0 Å². The van der Waals surface area contributed by atoms with Crippen LogP contribution in [0, 0.1) is 23.2 Å². The molecule has 1 fully saturated rings. The number of allylic oxidation sites excluding steroid dienone is 2. The number of hydrogen-bond donors (Lipinski definition) is 1. The Labute approximate surface area is 103 Å². The topological polar surface area (TPSA) is 37.3 Å². The molecule has 0 aromatic carbocycles. The van der Waals surface area contributed by atoms with Gasteiger partial charge in [0.1, 0.15) is 0 Å². The van der Waals surface area contributed by atoms with Gasteiger partial charge in [-0.05, 0) is 44.1 Å². The molecule has 0 aliphatic heterocycles. The van der Waals surface area contributed by atoms with Crippen LogP contribution in [-0.2, 0) is 4.79 Å². The Bertz CT molecular complexity index is 369. The maximum Gasteiger partial charge on any atom is 0.158 e. The fraction of sp³-hybridized carbons (Fsp3) is 0.667. The Morgan fingerprint density at radius 1 is 1.65 bits per heavy atom. The first-order valence-corrected chi connectivity index (χ1v) is 6.49. The van der Waals surface area contributed by atoms with E-state index >= 15 is 0 Å². The van der Waals surface area contributed by atoms with Crippen LogP contribution in [-0.4, -0.2) is 17.5 Å². The monoisotopic (exact) mass is 234 g/mol. The van der Waals surface area contributed by atoms with Crippen molar-refractivity contribution in [2.75, 3.05) is 6.61 Å². The van der Waals surface area contributed by atoms with Crippen LogP contribution in [0.5, 0.6) is 0 Å². The predicted molar refractivity (Wildman–Crippen MR) is 68.5 cm³/mol. The van der Waals surface area contributed by atoms with E-state index in [1.54, 1.807) is 6.08 Å². The van der Waals surface area contributed by atoms with Crippen molar-refractivity contribution in [2.45, 2.75) is 33.1 Å². The normalized spacial score (nSPS) is 41.1. The lowest BCUT2D eigenvalue weighted by atomic mass is 9.56. The van der Waals surface area contributed by atoms with Crippen molar-refractivity contribution in [2.24, 2.45) is 23.2 Å². The molecule has 0 aromatic rings. The van der Waals surface area contributed by atoms with E-state index in [4.69, 9.17) is 0 Å². The molecule has 2 heteroatoms. The molecule has 2 nitrogen and oxygen atoms in total. The SMILES string of the molecule is C=C(C)[C@@H]1CC[C@]2(CO)C=CC(=O)[C@@H](C)[C@H]2C1.